The van der Waals surface area contributed by atoms with Crippen LogP contribution in [0, 0.1) is 6.92 Å². The van der Waals surface area contributed by atoms with Gasteiger partial charge in [0.15, 0.2) is 5.16 Å². The van der Waals surface area contributed by atoms with Gasteiger partial charge in [-0.15, -0.1) is 10.2 Å². The monoisotopic (exact) mass is 318 g/mol. The number of hydrogen-bond acceptors (Lipinski definition) is 4. The van der Waals surface area contributed by atoms with Crippen molar-refractivity contribution in [2.24, 2.45) is 0 Å². The molecule has 0 spiro atoms. The molecule has 0 unspecified atom stereocenters. The van der Waals surface area contributed by atoms with E-state index in [0.717, 1.165) is 28.8 Å². The lowest BCUT2D eigenvalue weighted by Gasteiger charge is -2.09. The van der Waals surface area contributed by atoms with Crippen LogP contribution in [0.4, 0.5) is 5.69 Å². The summed E-state index contributed by atoms with van der Waals surface area (Å²) in [5.41, 5.74) is 1.95. The molecule has 1 aromatic carbocycles. The normalized spacial score (nSPS) is 11.0. The molecule has 0 aliphatic carbocycles. The number of anilines is 1. The van der Waals surface area contributed by atoms with E-state index in [1.165, 1.54) is 11.8 Å². The average Bonchev–Trinajstić information content (AvgIpc) is 2.88. The van der Waals surface area contributed by atoms with Gasteiger partial charge in [-0.05, 0) is 31.5 Å². The number of nitrogens with one attached hydrogen (secondary N) is 1. The van der Waals surface area contributed by atoms with Gasteiger partial charge < -0.3 is 9.88 Å². The van der Waals surface area contributed by atoms with Gasteiger partial charge in [0.25, 0.3) is 0 Å². The van der Waals surface area contributed by atoms with Crippen molar-refractivity contribution in [1.82, 2.24) is 14.8 Å². The highest BCUT2D eigenvalue weighted by atomic mass is 32.2. The lowest BCUT2D eigenvalue weighted by Crippen LogP contribution is -2.14. The first-order chi connectivity index (χ1) is 10.5. The first kappa shape index (κ1) is 16.5. The summed E-state index contributed by atoms with van der Waals surface area (Å²) in [6.07, 6.45) is 0. The number of rotatable bonds is 6. The fourth-order valence-electron chi connectivity index (χ4n) is 2.18. The highest BCUT2D eigenvalue weighted by Gasteiger charge is 2.15. The van der Waals surface area contributed by atoms with Gasteiger partial charge in [-0.25, -0.2) is 0 Å². The zero-order valence-electron chi connectivity index (χ0n) is 13.5. The second kappa shape index (κ2) is 7.45. The van der Waals surface area contributed by atoms with Gasteiger partial charge in [0.05, 0.1) is 5.75 Å². The van der Waals surface area contributed by atoms with Crippen LogP contribution in [-0.4, -0.2) is 26.4 Å². The van der Waals surface area contributed by atoms with Crippen LogP contribution in [0.25, 0.3) is 0 Å². The predicted molar refractivity (Wildman–Crippen MR) is 90.3 cm³/mol. The summed E-state index contributed by atoms with van der Waals surface area (Å²) in [6, 6.07) is 7.78. The van der Waals surface area contributed by atoms with E-state index in [9.17, 15) is 4.79 Å². The van der Waals surface area contributed by atoms with Crippen LogP contribution >= 0.6 is 11.8 Å². The largest absolute Gasteiger partial charge is 0.325 e. The Balaban J connectivity index is 1.97. The minimum Gasteiger partial charge on any atom is -0.325 e. The molecular weight excluding hydrogens is 296 g/mol. The van der Waals surface area contributed by atoms with Crippen LogP contribution in [0.2, 0.25) is 0 Å². The molecule has 0 radical (unpaired) electrons. The molecule has 22 heavy (non-hydrogen) atoms. The molecule has 6 heteroatoms. The number of aromatic nitrogens is 3. The Hall–Kier alpha value is -1.82. The molecule has 1 amide bonds. The van der Waals surface area contributed by atoms with Gasteiger partial charge in [0, 0.05) is 18.2 Å². The molecule has 0 fully saturated rings. The van der Waals surface area contributed by atoms with E-state index in [2.05, 4.69) is 40.9 Å². The highest BCUT2D eigenvalue weighted by Crippen LogP contribution is 2.21. The van der Waals surface area contributed by atoms with Gasteiger partial charge in [-0.1, -0.05) is 37.7 Å². The van der Waals surface area contributed by atoms with Gasteiger partial charge in [0.1, 0.15) is 5.82 Å². The number of nitrogens with zero attached hydrogens (tertiary/aromatic N) is 3. The SMILES string of the molecule is CCn1c(SCC(=O)Nc2cccc(C)c2)nnc1C(C)C. The fraction of sp³-hybridized carbons (Fsp3) is 0.438. The molecule has 0 saturated carbocycles. The van der Waals surface area contributed by atoms with Crippen molar-refractivity contribution in [2.75, 3.05) is 11.1 Å². The van der Waals surface area contributed by atoms with E-state index in [-0.39, 0.29) is 5.91 Å². The third kappa shape index (κ3) is 4.10. The number of amides is 1. The van der Waals surface area contributed by atoms with E-state index in [0.29, 0.717) is 11.7 Å². The summed E-state index contributed by atoms with van der Waals surface area (Å²) in [5.74, 6) is 1.57. The average molecular weight is 318 g/mol. The maximum absolute atomic E-state index is 12.0. The Bertz CT molecular complexity index is 651. The van der Waals surface area contributed by atoms with E-state index < -0.39 is 0 Å². The zero-order chi connectivity index (χ0) is 16.1. The molecular formula is C16H22N4OS. The second-order valence-electron chi connectivity index (χ2n) is 5.45. The standard InChI is InChI=1S/C16H22N4OS/c1-5-20-15(11(2)3)18-19-16(20)22-10-14(21)17-13-8-6-7-12(4)9-13/h6-9,11H,5,10H2,1-4H3,(H,17,21). The third-order valence-electron chi connectivity index (χ3n) is 3.21. The molecule has 0 saturated heterocycles. The molecule has 5 nitrogen and oxygen atoms in total. The second-order valence-corrected chi connectivity index (χ2v) is 6.39. The Kier molecular flexibility index (Phi) is 5.60. The Labute approximate surface area is 135 Å². The molecule has 0 aliphatic heterocycles. The van der Waals surface area contributed by atoms with Crippen molar-refractivity contribution in [2.45, 2.75) is 45.3 Å². The van der Waals surface area contributed by atoms with E-state index >= 15 is 0 Å². The van der Waals surface area contributed by atoms with Crippen LogP contribution in [0.5, 0.6) is 0 Å². The number of carbonyl (C=O) groups excluding carboxylic acids is 1. The third-order valence-corrected chi connectivity index (χ3v) is 4.18. The Morgan fingerprint density at radius 2 is 2.14 bits per heavy atom. The number of benzene rings is 1. The minimum absolute atomic E-state index is 0.0349. The summed E-state index contributed by atoms with van der Waals surface area (Å²) in [6.45, 7) is 9.06. The zero-order valence-corrected chi connectivity index (χ0v) is 14.3. The van der Waals surface area contributed by atoms with Crippen LogP contribution in [0.3, 0.4) is 0 Å². The topological polar surface area (TPSA) is 59.8 Å². The Morgan fingerprint density at radius 3 is 2.77 bits per heavy atom. The molecule has 0 bridgehead atoms. The molecule has 1 aromatic heterocycles. The summed E-state index contributed by atoms with van der Waals surface area (Å²) in [7, 11) is 0. The number of aryl methyl sites for hydroxylation is 1. The van der Waals surface area contributed by atoms with Gasteiger partial charge >= 0.3 is 0 Å². The van der Waals surface area contributed by atoms with Gasteiger partial charge in [0.2, 0.25) is 5.91 Å². The van der Waals surface area contributed by atoms with Gasteiger partial charge in [-0.2, -0.15) is 0 Å². The van der Waals surface area contributed by atoms with Crippen molar-refractivity contribution in [3.8, 4) is 0 Å². The van der Waals surface area contributed by atoms with Crippen molar-refractivity contribution in [3.63, 3.8) is 0 Å². The van der Waals surface area contributed by atoms with E-state index in [1.54, 1.807) is 0 Å². The quantitative estimate of drug-likeness (QED) is 0.829. The molecule has 0 atom stereocenters. The molecule has 1 N–H and O–H groups in total. The highest BCUT2D eigenvalue weighted by molar-refractivity contribution is 7.99. The Morgan fingerprint density at radius 1 is 1.36 bits per heavy atom. The fourth-order valence-corrected chi connectivity index (χ4v) is 2.99. The maximum atomic E-state index is 12.0. The number of hydrogen-bond donors (Lipinski definition) is 1. The number of carbonyl (C=O) groups is 1. The minimum atomic E-state index is -0.0349. The van der Waals surface area contributed by atoms with E-state index in [1.807, 2.05) is 31.2 Å². The summed E-state index contributed by atoms with van der Waals surface area (Å²) < 4.78 is 2.06. The van der Waals surface area contributed by atoms with Crippen molar-refractivity contribution in [1.29, 1.82) is 0 Å². The maximum Gasteiger partial charge on any atom is 0.234 e. The first-order valence-corrected chi connectivity index (χ1v) is 8.42. The molecule has 118 valence electrons. The predicted octanol–water partition coefficient (Wildman–Crippen LogP) is 3.46. The molecule has 1 heterocycles. The molecule has 2 aromatic rings. The van der Waals surface area contributed by atoms with Crippen LogP contribution < -0.4 is 5.32 Å². The molecule has 2 rings (SSSR count). The van der Waals surface area contributed by atoms with Crippen molar-refractivity contribution in [3.05, 3.63) is 35.7 Å². The van der Waals surface area contributed by atoms with Crippen LogP contribution in [0.15, 0.2) is 29.4 Å². The first-order valence-electron chi connectivity index (χ1n) is 7.43. The van der Waals surface area contributed by atoms with Crippen molar-refractivity contribution >= 4 is 23.4 Å². The lowest BCUT2D eigenvalue weighted by molar-refractivity contribution is -0.113. The van der Waals surface area contributed by atoms with Crippen molar-refractivity contribution < 1.29 is 4.79 Å². The van der Waals surface area contributed by atoms with E-state index in [4.69, 9.17) is 0 Å². The summed E-state index contributed by atoms with van der Waals surface area (Å²) in [4.78, 5) is 12.0. The lowest BCUT2D eigenvalue weighted by atomic mass is 10.2. The summed E-state index contributed by atoms with van der Waals surface area (Å²) >= 11 is 1.42. The van der Waals surface area contributed by atoms with Gasteiger partial charge in [-0.3, -0.25) is 4.79 Å². The van der Waals surface area contributed by atoms with Crippen LogP contribution in [-0.2, 0) is 11.3 Å². The number of thioether (sulfide) groups is 1. The smallest absolute Gasteiger partial charge is 0.234 e. The summed E-state index contributed by atoms with van der Waals surface area (Å²) in [5, 5.41) is 12.1. The van der Waals surface area contributed by atoms with Crippen LogP contribution in [0.1, 0.15) is 38.1 Å². The molecule has 0 aliphatic rings.